The molecule has 0 bridgehead atoms. The van der Waals surface area contributed by atoms with Gasteiger partial charge in [0.15, 0.2) is 0 Å². The van der Waals surface area contributed by atoms with Crippen molar-refractivity contribution in [2.75, 3.05) is 7.05 Å². The molecule has 0 spiro atoms. The highest BCUT2D eigenvalue weighted by atomic mass is 35.5. The van der Waals surface area contributed by atoms with E-state index in [1.54, 1.807) is 42.5 Å². The number of aldehydes is 1. The summed E-state index contributed by atoms with van der Waals surface area (Å²) in [5.41, 5.74) is 1.44. The average Bonchev–Trinajstić information content (AvgIpc) is 3.73. The van der Waals surface area contributed by atoms with E-state index in [0.29, 0.717) is 28.5 Å². The zero-order chi connectivity index (χ0) is 28.5. The number of benzene rings is 2. The summed E-state index contributed by atoms with van der Waals surface area (Å²) in [4.78, 5) is 37.3. The van der Waals surface area contributed by atoms with Crippen LogP contribution in [0.25, 0.3) is 0 Å². The summed E-state index contributed by atoms with van der Waals surface area (Å²) < 4.78 is 28.1. The Labute approximate surface area is 238 Å². The number of amides is 1. The normalized spacial score (nSPS) is 24.0. The van der Waals surface area contributed by atoms with Gasteiger partial charge in [-0.25, -0.2) is 8.42 Å². The van der Waals surface area contributed by atoms with Gasteiger partial charge in [-0.3, -0.25) is 9.59 Å². The highest BCUT2D eigenvalue weighted by Crippen LogP contribution is 2.44. The molecule has 11 heteroatoms. The molecule has 2 aromatic rings. The highest BCUT2D eigenvalue weighted by molar-refractivity contribution is 7.90. The van der Waals surface area contributed by atoms with Crippen molar-refractivity contribution in [3.05, 3.63) is 69.7 Å². The van der Waals surface area contributed by atoms with E-state index in [2.05, 4.69) is 5.32 Å². The summed E-state index contributed by atoms with van der Waals surface area (Å²) in [5, 5.41) is 12.8. The van der Waals surface area contributed by atoms with Crippen LogP contribution >= 0.6 is 23.2 Å². The van der Waals surface area contributed by atoms with Crippen molar-refractivity contribution in [1.29, 1.82) is 0 Å². The van der Waals surface area contributed by atoms with Crippen molar-refractivity contribution in [3.8, 4) is 0 Å². The molecule has 6 atom stereocenters. The van der Waals surface area contributed by atoms with Gasteiger partial charge in [-0.1, -0.05) is 54.4 Å². The van der Waals surface area contributed by atoms with E-state index >= 15 is 0 Å². The van der Waals surface area contributed by atoms with Gasteiger partial charge in [0.25, 0.3) is 0 Å². The number of halogens is 2. The fourth-order valence-corrected chi connectivity index (χ4v) is 7.94. The number of carboxylic acid groups (broad SMARTS) is 1. The molecule has 0 radical (unpaired) electrons. The molecule has 2 aromatic carbocycles. The Bertz CT molecular complexity index is 1330. The van der Waals surface area contributed by atoms with Gasteiger partial charge in [0, 0.05) is 40.9 Å². The van der Waals surface area contributed by atoms with Gasteiger partial charge >= 0.3 is 5.97 Å². The van der Waals surface area contributed by atoms with Crippen molar-refractivity contribution in [2.45, 2.75) is 55.9 Å². The summed E-state index contributed by atoms with van der Waals surface area (Å²) in [6.07, 6.45) is 1.82. The second-order valence-electron chi connectivity index (χ2n) is 10.6. The van der Waals surface area contributed by atoms with Crippen molar-refractivity contribution in [2.24, 2.45) is 17.8 Å². The van der Waals surface area contributed by atoms with Crippen LogP contribution < -0.4 is 5.32 Å². The minimum absolute atomic E-state index is 0.210. The fraction of sp³-hybridized carbons (Fsp3) is 0.464. The first-order valence-electron chi connectivity index (χ1n) is 12.9. The van der Waals surface area contributed by atoms with Crippen LogP contribution in [-0.4, -0.2) is 54.3 Å². The lowest BCUT2D eigenvalue weighted by Crippen LogP contribution is -2.55. The standard InChI is InChI=1S/C28H32Cl2N2O6S/c1-16(27(17-6-8-20(29)9-7-17)32(2)39(37,38)22-10-11-22)24(15-33)26-23(18-4-3-5-21(30)12-18)13-19(14-25(34)35)28(36)31-26/h3-9,12,15-16,19,22-24,26-27H,10-11,13-14H2,1-2H3,(H,31,36)(H,34,35)/t16?,19-,23-,24?,26+,27?/m1/s1. The monoisotopic (exact) mass is 594 g/mol. The number of rotatable bonds is 11. The van der Waals surface area contributed by atoms with Gasteiger partial charge in [-0.2, -0.15) is 4.31 Å². The lowest BCUT2D eigenvalue weighted by atomic mass is 9.70. The highest BCUT2D eigenvalue weighted by Gasteiger charge is 2.48. The summed E-state index contributed by atoms with van der Waals surface area (Å²) in [6.45, 7) is 1.81. The number of nitrogens with one attached hydrogen (secondary N) is 1. The molecule has 4 rings (SSSR count). The molecule has 3 unspecified atom stereocenters. The third-order valence-corrected chi connectivity index (χ3v) is 10.8. The minimum Gasteiger partial charge on any atom is -0.481 e. The van der Waals surface area contributed by atoms with Gasteiger partial charge in [-0.15, -0.1) is 0 Å². The lowest BCUT2D eigenvalue weighted by molar-refractivity contribution is -0.143. The molecule has 1 aliphatic carbocycles. The van der Waals surface area contributed by atoms with Crippen LogP contribution in [0.15, 0.2) is 48.5 Å². The Balaban J connectivity index is 1.75. The molecule has 1 aliphatic heterocycles. The third kappa shape index (κ3) is 6.48. The molecule has 210 valence electrons. The quantitative estimate of drug-likeness (QED) is 0.364. The van der Waals surface area contributed by atoms with E-state index in [1.165, 1.54) is 11.4 Å². The first-order valence-corrected chi connectivity index (χ1v) is 15.1. The largest absolute Gasteiger partial charge is 0.481 e. The summed E-state index contributed by atoms with van der Waals surface area (Å²) in [6, 6.07) is 12.5. The number of hydrogen-bond donors (Lipinski definition) is 2. The number of carbonyl (C=O) groups is 3. The minimum atomic E-state index is -3.63. The van der Waals surface area contributed by atoms with Crippen molar-refractivity contribution >= 4 is 51.4 Å². The number of carboxylic acids is 1. The summed E-state index contributed by atoms with van der Waals surface area (Å²) >= 11 is 12.4. The van der Waals surface area contributed by atoms with E-state index in [0.717, 1.165) is 11.8 Å². The molecule has 2 aliphatic rings. The Morgan fingerprint density at radius 3 is 2.38 bits per heavy atom. The van der Waals surface area contributed by atoms with E-state index in [4.69, 9.17) is 23.2 Å². The fourth-order valence-electron chi connectivity index (χ4n) is 5.78. The van der Waals surface area contributed by atoms with E-state index in [9.17, 15) is 27.9 Å². The second kappa shape index (κ2) is 12.0. The molecular formula is C28H32Cl2N2O6S. The predicted molar refractivity (Wildman–Crippen MR) is 149 cm³/mol. The molecule has 39 heavy (non-hydrogen) atoms. The maximum Gasteiger partial charge on any atom is 0.304 e. The number of aliphatic carboxylic acids is 1. The van der Waals surface area contributed by atoms with Crippen molar-refractivity contribution < 1.29 is 27.9 Å². The molecule has 1 saturated heterocycles. The van der Waals surface area contributed by atoms with Gasteiger partial charge in [0.05, 0.1) is 17.7 Å². The SMILES string of the molecule is CC(C(C=O)[C@H]1NC(=O)[C@@H](CC(=O)O)C[C@@H]1c1cccc(Cl)c1)C(c1ccc(Cl)cc1)N(C)S(=O)(=O)C1CC1. The third-order valence-electron chi connectivity index (χ3n) is 7.98. The van der Waals surface area contributed by atoms with Crippen LogP contribution in [0.2, 0.25) is 10.0 Å². The number of piperidine rings is 1. The maximum atomic E-state index is 13.4. The van der Waals surface area contributed by atoms with E-state index in [1.807, 2.05) is 13.0 Å². The van der Waals surface area contributed by atoms with Crippen molar-refractivity contribution in [3.63, 3.8) is 0 Å². The summed E-state index contributed by atoms with van der Waals surface area (Å²) in [5.74, 6) is -4.10. The topological polar surface area (TPSA) is 121 Å². The molecule has 8 nitrogen and oxygen atoms in total. The molecule has 1 saturated carbocycles. The number of hydrogen-bond acceptors (Lipinski definition) is 5. The Hall–Kier alpha value is -2.46. The van der Waals surface area contributed by atoms with Crippen LogP contribution in [-0.2, 0) is 24.4 Å². The first-order chi connectivity index (χ1) is 18.4. The zero-order valence-corrected chi connectivity index (χ0v) is 24.0. The van der Waals surface area contributed by atoms with Crippen LogP contribution in [0, 0.1) is 17.8 Å². The predicted octanol–water partition coefficient (Wildman–Crippen LogP) is 4.67. The van der Waals surface area contributed by atoms with Gasteiger partial charge < -0.3 is 15.2 Å². The number of nitrogens with zero attached hydrogens (tertiary/aromatic N) is 1. The average molecular weight is 596 g/mol. The Morgan fingerprint density at radius 2 is 1.82 bits per heavy atom. The molecule has 1 amide bonds. The first kappa shape index (κ1) is 29.5. The van der Waals surface area contributed by atoms with Crippen LogP contribution in [0.1, 0.15) is 55.7 Å². The second-order valence-corrected chi connectivity index (χ2v) is 13.7. The molecular weight excluding hydrogens is 563 g/mol. The van der Waals surface area contributed by atoms with Crippen LogP contribution in [0.5, 0.6) is 0 Å². The van der Waals surface area contributed by atoms with Crippen molar-refractivity contribution in [1.82, 2.24) is 9.62 Å². The van der Waals surface area contributed by atoms with Gasteiger partial charge in [-0.05, 0) is 60.6 Å². The van der Waals surface area contributed by atoms with E-state index < -0.39 is 62.9 Å². The summed E-state index contributed by atoms with van der Waals surface area (Å²) in [7, 11) is -2.10. The molecule has 2 fully saturated rings. The lowest BCUT2D eigenvalue weighted by Gasteiger charge is -2.43. The molecule has 2 N–H and O–H groups in total. The van der Waals surface area contributed by atoms with Gasteiger partial charge in [0.1, 0.15) is 6.29 Å². The Morgan fingerprint density at radius 1 is 1.15 bits per heavy atom. The maximum absolute atomic E-state index is 13.4. The van der Waals surface area contributed by atoms with E-state index in [-0.39, 0.29) is 12.8 Å². The number of carbonyl (C=O) groups excluding carboxylic acids is 2. The Kier molecular flexibility index (Phi) is 9.05. The molecule has 1 heterocycles. The van der Waals surface area contributed by atoms with Gasteiger partial charge in [0.2, 0.25) is 15.9 Å². The molecule has 0 aromatic heterocycles. The zero-order valence-electron chi connectivity index (χ0n) is 21.7. The van der Waals surface area contributed by atoms with Crippen LogP contribution in [0.4, 0.5) is 0 Å². The number of sulfonamides is 1. The smallest absolute Gasteiger partial charge is 0.304 e. The van der Waals surface area contributed by atoms with Crippen LogP contribution in [0.3, 0.4) is 0 Å².